The average molecular weight is 243 g/mol. The number of nitrogens with one attached hydrogen (secondary N) is 2. The highest BCUT2D eigenvalue weighted by Gasteiger charge is 2.32. The Kier molecular flexibility index (Phi) is 2.98. The molecule has 0 atom stereocenters. The Hall–Kier alpha value is -1.51. The van der Waals surface area contributed by atoms with Crippen LogP contribution in [0.4, 0.5) is 0 Å². The second kappa shape index (κ2) is 4.63. The highest BCUT2D eigenvalue weighted by Crippen LogP contribution is 2.35. The fourth-order valence-electron chi connectivity index (χ4n) is 2.96. The molecule has 0 spiro atoms. The first-order valence-electron chi connectivity index (χ1n) is 6.84. The molecule has 1 aromatic carbocycles. The van der Waals surface area contributed by atoms with Gasteiger partial charge < -0.3 is 10.6 Å². The van der Waals surface area contributed by atoms with Gasteiger partial charge in [-0.25, -0.2) is 0 Å². The summed E-state index contributed by atoms with van der Waals surface area (Å²) in [7, 11) is 0. The maximum atomic E-state index is 4.47. The molecule has 2 aliphatic rings. The van der Waals surface area contributed by atoms with E-state index >= 15 is 0 Å². The van der Waals surface area contributed by atoms with Gasteiger partial charge >= 0.3 is 0 Å². The quantitative estimate of drug-likeness (QED) is 0.830. The van der Waals surface area contributed by atoms with Crippen LogP contribution in [-0.4, -0.2) is 25.6 Å². The number of hydrogen-bond donors (Lipinski definition) is 2. The van der Waals surface area contributed by atoms with Crippen LogP contribution in [0.5, 0.6) is 0 Å². The van der Waals surface area contributed by atoms with E-state index in [0.717, 1.165) is 32.0 Å². The lowest BCUT2D eigenvalue weighted by Gasteiger charge is -2.26. The molecule has 18 heavy (non-hydrogen) atoms. The largest absolute Gasteiger partial charge is 0.356 e. The van der Waals surface area contributed by atoms with Crippen LogP contribution in [0.3, 0.4) is 0 Å². The Bertz CT molecular complexity index is 440. The van der Waals surface area contributed by atoms with E-state index in [9.17, 15) is 0 Å². The molecule has 2 N–H and O–H groups in total. The molecule has 1 heterocycles. The van der Waals surface area contributed by atoms with Crippen molar-refractivity contribution in [3.63, 3.8) is 0 Å². The first-order chi connectivity index (χ1) is 8.75. The minimum Gasteiger partial charge on any atom is -0.356 e. The van der Waals surface area contributed by atoms with Crippen molar-refractivity contribution in [2.75, 3.05) is 19.6 Å². The summed E-state index contributed by atoms with van der Waals surface area (Å²) in [6, 6.07) is 8.81. The lowest BCUT2D eigenvalue weighted by Crippen LogP contribution is -2.45. The van der Waals surface area contributed by atoms with Gasteiger partial charge in [-0.3, -0.25) is 4.99 Å². The number of benzene rings is 1. The van der Waals surface area contributed by atoms with Gasteiger partial charge in [0.15, 0.2) is 5.96 Å². The molecule has 1 aliphatic carbocycles. The molecule has 0 radical (unpaired) electrons. The summed E-state index contributed by atoms with van der Waals surface area (Å²) in [5, 5.41) is 6.80. The van der Waals surface area contributed by atoms with Gasteiger partial charge in [0.25, 0.3) is 0 Å². The van der Waals surface area contributed by atoms with Crippen molar-refractivity contribution in [3.8, 4) is 0 Å². The minimum absolute atomic E-state index is 0.325. The van der Waals surface area contributed by atoms with Gasteiger partial charge in [-0.1, -0.05) is 31.2 Å². The van der Waals surface area contributed by atoms with Gasteiger partial charge in [-0.15, -0.1) is 0 Å². The number of fused-ring (bicyclic) bond motifs is 1. The van der Waals surface area contributed by atoms with E-state index in [1.54, 1.807) is 0 Å². The zero-order chi connectivity index (χ0) is 12.4. The summed E-state index contributed by atoms with van der Waals surface area (Å²) < 4.78 is 0. The van der Waals surface area contributed by atoms with E-state index in [-0.39, 0.29) is 0 Å². The number of hydrogen-bond acceptors (Lipinski definition) is 3. The zero-order valence-corrected chi connectivity index (χ0v) is 11.0. The van der Waals surface area contributed by atoms with Crippen LogP contribution in [-0.2, 0) is 12.8 Å². The van der Waals surface area contributed by atoms with Gasteiger partial charge in [-0.2, -0.15) is 0 Å². The third-order valence-electron chi connectivity index (χ3n) is 3.93. The molecule has 96 valence electrons. The third-order valence-corrected chi connectivity index (χ3v) is 3.93. The third kappa shape index (κ3) is 2.35. The fourth-order valence-corrected chi connectivity index (χ4v) is 2.96. The maximum absolute atomic E-state index is 4.47. The number of guanidine groups is 1. The minimum atomic E-state index is 0.325. The lowest BCUT2D eigenvalue weighted by molar-refractivity contribution is 0.342. The van der Waals surface area contributed by atoms with Crippen molar-refractivity contribution in [2.24, 2.45) is 10.4 Å². The van der Waals surface area contributed by atoms with E-state index in [2.05, 4.69) is 46.8 Å². The van der Waals surface area contributed by atoms with Gasteiger partial charge in [-0.05, 0) is 35.8 Å². The Morgan fingerprint density at radius 3 is 2.61 bits per heavy atom. The Labute approximate surface area is 109 Å². The standard InChI is InChI=1S/C15H21N3/c1-15(11-18-14-16-7-4-8-17-14)9-12-5-2-3-6-13(12)10-15/h2-3,5-6H,4,7-11H2,1H3,(H2,16,17,18). The average Bonchev–Trinajstić information content (AvgIpc) is 2.74. The first-order valence-corrected chi connectivity index (χ1v) is 6.84. The second-order valence-electron chi connectivity index (χ2n) is 5.80. The van der Waals surface area contributed by atoms with Crippen LogP contribution in [0.25, 0.3) is 0 Å². The second-order valence-corrected chi connectivity index (χ2v) is 5.80. The molecule has 0 amide bonds. The van der Waals surface area contributed by atoms with Crippen molar-refractivity contribution in [1.82, 2.24) is 10.6 Å². The monoisotopic (exact) mass is 243 g/mol. The predicted molar refractivity (Wildman–Crippen MR) is 74.9 cm³/mol. The van der Waals surface area contributed by atoms with E-state index in [1.807, 2.05) is 0 Å². The number of aliphatic imine (C=N–C) groups is 1. The molecule has 0 unspecified atom stereocenters. The SMILES string of the molecule is CC1(CNC2=NCCCN2)Cc2ccccc2C1. The molecule has 0 aromatic heterocycles. The normalized spacial score (nSPS) is 20.8. The van der Waals surface area contributed by atoms with Crippen LogP contribution in [0, 0.1) is 5.41 Å². The molecule has 0 bridgehead atoms. The molecule has 1 aliphatic heterocycles. The summed E-state index contributed by atoms with van der Waals surface area (Å²) in [5.41, 5.74) is 3.35. The van der Waals surface area contributed by atoms with E-state index in [1.165, 1.54) is 24.0 Å². The van der Waals surface area contributed by atoms with E-state index in [0.29, 0.717) is 5.41 Å². The summed E-state index contributed by atoms with van der Waals surface area (Å²) in [4.78, 5) is 4.47. The Morgan fingerprint density at radius 1 is 1.28 bits per heavy atom. The Morgan fingerprint density at radius 2 is 2.00 bits per heavy atom. The van der Waals surface area contributed by atoms with Crippen molar-refractivity contribution in [2.45, 2.75) is 26.2 Å². The van der Waals surface area contributed by atoms with Crippen molar-refractivity contribution in [3.05, 3.63) is 35.4 Å². The number of rotatable bonds is 2. The molecule has 0 saturated heterocycles. The molecule has 0 saturated carbocycles. The van der Waals surface area contributed by atoms with Crippen LogP contribution in [0.1, 0.15) is 24.5 Å². The smallest absolute Gasteiger partial charge is 0.191 e. The van der Waals surface area contributed by atoms with Crippen LogP contribution >= 0.6 is 0 Å². The number of nitrogens with zero attached hydrogens (tertiary/aromatic N) is 1. The molecule has 3 nitrogen and oxygen atoms in total. The summed E-state index contributed by atoms with van der Waals surface area (Å²) in [5.74, 6) is 0.985. The van der Waals surface area contributed by atoms with Crippen LogP contribution < -0.4 is 10.6 Å². The van der Waals surface area contributed by atoms with Crippen LogP contribution in [0.15, 0.2) is 29.3 Å². The lowest BCUT2D eigenvalue weighted by atomic mass is 9.87. The molecule has 1 aromatic rings. The molecular formula is C15H21N3. The summed E-state index contributed by atoms with van der Waals surface area (Å²) in [6.07, 6.45) is 3.49. The van der Waals surface area contributed by atoms with Gasteiger partial charge in [0.05, 0.1) is 0 Å². The summed E-state index contributed by atoms with van der Waals surface area (Å²) in [6.45, 7) is 5.35. The predicted octanol–water partition coefficient (Wildman–Crippen LogP) is 1.73. The highest BCUT2D eigenvalue weighted by atomic mass is 15.2. The van der Waals surface area contributed by atoms with Crippen molar-refractivity contribution < 1.29 is 0 Å². The molecule has 3 heteroatoms. The van der Waals surface area contributed by atoms with E-state index in [4.69, 9.17) is 0 Å². The van der Waals surface area contributed by atoms with E-state index < -0.39 is 0 Å². The van der Waals surface area contributed by atoms with Gasteiger partial charge in [0, 0.05) is 19.6 Å². The van der Waals surface area contributed by atoms with Crippen molar-refractivity contribution >= 4 is 5.96 Å². The first kappa shape index (κ1) is 11.6. The van der Waals surface area contributed by atoms with Gasteiger partial charge in [0.1, 0.15) is 0 Å². The van der Waals surface area contributed by atoms with Crippen LogP contribution in [0.2, 0.25) is 0 Å². The Balaban J connectivity index is 1.62. The summed E-state index contributed by atoms with van der Waals surface area (Å²) >= 11 is 0. The highest BCUT2D eigenvalue weighted by molar-refractivity contribution is 5.80. The molecule has 3 rings (SSSR count). The zero-order valence-electron chi connectivity index (χ0n) is 11.0. The molecule has 0 fully saturated rings. The van der Waals surface area contributed by atoms with Crippen molar-refractivity contribution in [1.29, 1.82) is 0 Å². The fraction of sp³-hybridized carbons (Fsp3) is 0.533. The maximum Gasteiger partial charge on any atom is 0.191 e. The molecular weight excluding hydrogens is 222 g/mol. The van der Waals surface area contributed by atoms with Gasteiger partial charge in [0.2, 0.25) is 0 Å². The topological polar surface area (TPSA) is 36.4 Å².